The van der Waals surface area contributed by atoms with Crippen LogP contribution in [-0.4, -0.2) is 32.7 Å². The van der Waals surface area contributed by atoms with Crippen LogP contribution in [0.25, 0.3) is 20.8 Å². The lowest BCUT2D eigenvalue weighted by molar-refractivity contribution is 0.229. The van der Waals surface area contributed by atoms with Crippen molar-refractivity contribution in [1.82, 2.24) is 15.0 Å². The van der Waals surface area contributed by atoms with Gasteiger partial charge in [-0.15, -0.1) is 11.3 Å². The molecule has 0 radical (unpaired) electrons. The number of aliphatic hydroxyl groups excluding tert-OH is 1. The van der Waals surface area contributed by atoms with Gasteiger partial charge < -0.3 is 10.4 Å². The third kappa shape index (κ3) is 3.10. The zero-order valence-corrected chi connectivity index (χ0v) is 14.2. The van der Waals surface area contributed by atoms with Crippen LogP contribution in [0.5, 0.6) is 0 Å². The number of rotatable bonds is 4. The van der Waals surface area contributed by atoms with Crippen molar-refractivity contribution in [2.24, 2.45) is 5.92 Å². The van der Waals surface area contributed by atoms with Gasteiger partial charge in [-0.1, -0.05) is 12.1 Å². The van der Waals surface area contributed by atoms with Crippen LogP contribution in [0.2, 0.25) is 0 Å². The first-order valence-electron chi connectivity index (χ1n) is 8.24. The lowest BCUT2D eigenvalue weighted by Gasteiger charge is -2.15. The average molecular weight is 358 g/mol. The lowest BCUT2D eigenvalue weighted by Crippen LogP contribution is -2.28. The van der Waals surface area contributed by atoms with Crippen LogP contribution >= 0.6 is 11.3 Å². The van der Waals surface area contributed by atoms with E-state index in [-0.39, 0.29) is 18.6 Å². The van der Waals surface area contributed by atoms with E-state index in [1.165, 1.54) is 11.3 Å². The monoisotopic (exact) mass is 358 g/mol. The fourth-order valence-electron chi connectivity index (χ4n) is 3.35. The van der Waals surface area contributed by atoms with Crippen molar-refractivity contribution in [1.29, 1.82) is 0 Å². The fourth-order valence-corrected chi connectivity index (χ4v) is 4.37. The Morgan fingerprint density at radius 2 is 2.08 bits per heavy atom. The molecular weight excluding hydrogens is 340 g/mol. The molecule has 0 spiro atoms. The number of aromatic nitrogens is 3. The van der Waals surface area contributed by atoms with Crippen molar-refractivity contribution in [2.45, 2.75) is 25.3 Å². The number of thiazole rings is 1. The van der Waals surface area contributed by atoms with E-state index in [1.807, 2.05) is 24.3 Å². The van der Waals surface area contributed by atoms with E-state index < -0.39 is 11.2 Å². The van der Waals surface area contributed by atoms with Gasteiger partial charge in [-0.25, -0.2) is 9.78 Å². The normalized spacial score (nSPS) is 20.2. The quantitative estimate of drug-likeness (QED) is 0.569. The van der Waals surface area contributed by atoms with E-state index in [0.29, 0.717) is 16.4 Å². The van der Waals surface area contributed by atoms with Crippen molar-refractivity contribution >= 4 is 27.4 Å². The number of aliphatic hydroxyl groups is 1. The zero-order valence-electron chi connectivity index (χ0n) is 13.4. The number of H-pyrrole nitrogens is 2. The Morgan fingerprint density at radius 3 is 2.84 bits per heavy atom. The summed E-state index contributed by atoms with van der Waals surface area (Å²) >= 11 is 1.41. The molecule has 1 aromatic carbocycles. The largest absolute Gasteiger partial charge is 0.396 e. The molecule has 2 heterocycles. The smallest absolute Gasteiger partial charge is 0.327 e. The number of hydrogen-bond acceptors (Lipinski definition) is 6. The van der Waals surface area contributed by atoms with Crippen molar-refractivity contribution in [3.63, 3.8) is 0 Å². The molecule has 0 bridgehead atoms. The van der Waals surface area contributed by atoms with Crippen LogP contribution in [0.4, 0.5) is 5.82 Å². The minimum Gasteiger partial charge on any atom is -0.396 e. The number of nitrogens with one attached hydrogen (secondary N) is 3. The summed E-state index contributed by atoms with van der Waals surface area (Å²) in [4.78, 5) is 33.7. The second-order valence-electron chi connectivity index (χ2n) is 6.35. The van der Waals surface area contributed by atoms with Crippen molar-refractivity contribution in [2.75, 3.05) is 11.9 Å². The van der Waals surface area contributed by atoms with Crippen molar-refractivity contribution in [3.05, 3.63) is 45.1 Å². The van der Waals surface area contributed by atoms with Gasteiger partial charge in [0.1, 0.15) is 16.4 Å². The predicted molar refractivity (Wildman–Crippen MR) is 98.1 cm³/mol. The Bertz CT molecular complexity index is 989. The van der Waals surface area contributed by atoms with Gasteiger partial charge in [0, 0.05) is 12.6 Å². The summed E-state index contributed by atoms with van der Waals surface area (Å²) in [5.41, 5.74) is 0.171. The molecule has 4 N–H and O–H groups in total. The Balaban J connectivity index is 1.76. The molecule has 1 saturated carbocycles. The molecule has 3 aromatic rings. The molecule has 0 amide bonds. The third-order valence-corrected chi connectivity index (χ3v) is 5.65. The number of nitrogens with zero attached hydrogens (tertiary/aromatic N) is 1. The van der Waals surface area contributed by atoms with Crippen LogP contribution < -0.4 is 16.6 Å². The van der Waals surface area contributed by atoms with Gasteiger partial charge in [-0.3, -0.25) is 14.8 Å². The maximum Gasteiger partial charge on any atom is 0.327 e. The number of fused-ring (bicyclic) bond motifs is 1. The number of hydrogen-bond donors (Lipinski definition) is 4. The molecule has 2 aromatic heterocycles. The van der Waals surface area contributed by atoms with Gasteiger partial charge in [-0.2, -0.15) is 0 Å². The Morgan fingerprint density at radius 1 is 1.24 bits per heavy atom. The summed E-state index contributed by atoms with van der Waals surface area (Å²) in [6, 6.07) is 7.78. The second kappa shape index (κ2) is 6.45. The molecule has 1 aliphatic rings. The van der Waals surface area contributed by atoms with Gasteiger partial charge in [0.05, 0.1) is 10.2 Å². The van der Waals surface area contributed by atoms with E-state index in [4.69, 9.17) is 0 Å². The molecule has 7 nitrogen and oxygen atoms in total. The Labute approximate surface area is 146 Å². The molecule has 4 rings (SSSR count). The summed E-state index contributed by atoms with van der Waals surface area (Å²) in [5.74, 6) is 0.661. The summed E-state index contributed by atoms with van der Waals surface area (Å²) in [7, 11) is 0. The average Bonchev–Trinajstić information content (AvgIpc) is 3.20. The van der Waals surface area contributed by atoms with E-state index in [1.54, 1.807) is 0 Å². The first-order valence-corrected chi connectivity index (χ1v) is 9.05. The van der Waals surface area contributed by atoms with E-state index in [9.17, 15) is 14.7 Å². The molecule has 2 atom stereocenters. The third-order valence-electron chi connectivity index (χ3n) is 4.60. The molecule has 2 unspecified atom stereocenters. The van der Waals surface area contributed by atoms with Gasteiger partial charge >= 0.3 is 5.69 Å². The lowest BCUT2D eigenvalue weighted by atomic mass is 10.1. The summed E-state index contributed by atoms with van der Waals surface area (Å²) in [6.45, 7) is 0.162. The van der Waals surface area contributed by atoms with E-state index in [0.717, 1.165) is 29.5 Å². The Hall–Kier alpha value is -2.45. The second-order valence-corrected chi connectivity index (χ2v) is 7.38. The van der Waals surface area contributed by atoms with Gasteiger partial charge in [0.15, 0.2) is 0 Å². The molecule has 0 saturated heterocycles. The molecule has 0 aliphatic heterocycles. The van der Waals surface area contributed by atoms with Crippen LogP contribution in [-0.2, 0) is 0 Å². The first kappa shape index (κ1) is 16.0. The first-order chi connectivity index (χ1) is 12.1. The SMILES string of the molecule is O=c1[nH]c(NC2CCC(CO)C2)c(-c2nc3ccccc3s2)c(=O)[nH]1. The van der Waals surface area contributed by atoms with Crippen LogP contribution in [0, 0.1) is 5.92 Å². The molecule has 130 valence electrons. The minimum absolute atomic E-state index is 0.114. The molecule has 8 heteroatoms. The summed E-state index contributed by atoms with van der Waals surface area (Å²) in [6.07, 6.45) is 2.63. The molecule has 25 heavy (non-hydrogen) atoms. The summed E-state index contributed by atoms with van der Waals surface area (Å²) in [5, 5.41) is 13.1. The van der Waals surface area contributed by atoms with E-state index in [2.05, 4.69) is 20.3 Å². The molecule has 1 fully saturated rings. The molecule has 1 aliphatic carbocycles. The highest BCUT2D eigenvalue weighted by atomic mass is 32.1. The minimum atomic E-state index is -0.547. The standard InChI is InChI=1S/C17H18N4O3S/c22-8-9-5-6-10(7-9)18-14-13(15(23)21-17(24)20-14)16-19-11-3-1-2-4-12(11)25-16/h1-4,9-10,22H,5-8H2,(H3,18,20,21,23,24). The Kier molecular flexibility index (Phi) is 4.14. The van der Waals surface area contributed by atoms with E-state index >= 15 is 0 Å². The van der Waals surface area contributed by atoms with Gasteiger partial charge in [0.25, 0.3) is 5.56 Å². The van der Waals surface area contributed by atoms with Gasteiger partial charge in [0.2, 0.25) is 0 Å². The van der Waals surface area contributed by atoms with Crippen molar-refractivity contribution in [3.8, 4) is 10.6 Å². The van der Waals surface area contributed by atoms with Crippen LogP contribution in [0.15, 0.2) is 33.9 Å². The van der Waals surface area contributed by atoms with Crippen LogP contribution in [0.3, 0.4) is 0 Å². The van der Waals surface area contributed by atoms with Crippen LogP contribution in [0.1, 0.15) is 19.3 Å². The maximum atomic E-state index is 12.4. The summed E-state index contributed by atoms with van der Waals surface area (Å²) < 4.78 is 0.982. The highest BCUT2D eigenvalue weighted by Gasteiger charge is 2.26. The van der Waals surface area contributed by atoms with Gasteiger partial charge in [-0.05, 0) is 37.3 Å². The van der Waals surface area contributed by atoms with Crippen molar-refractivity contribution < 1.29 is 5.11 Å². The highest BCUT2D eigenvalue weighted by molar-refractivity contribution is 7.21. The topological polar surface area (TPSA) is 111 Å². The molecular formula is C17H18N4O3S. The predicted octanol–water partition coefficient (Wildman–Crippen LogP) is 1.91. The number of aromatic amines is 2. The maximum absolute atomic E-state index is 12.4. The highest BCUT2D eigenvalue weighted by Crippen LogP contribution is 2.33. The number of anilines is 1. The number of para-hydroxylation sites is 1. The zero-order chi connectivity index (χ0) is 17.4. The number of benzene rings is 1. The fraction of sp³-hybridized carbons (Fsp3) is 0.353.